The molecule has 5 nitrogen and oxygen atoms in total. The number of methoxy groups -OCH3 is 1. The number of hydrogen-bond acceptors (Lipinski definition) is 5. The highest BCUT2D eigenvalue weighted by Crippen LogP contribution is 2.42. The molecule has 1 saturated carbocycles. The molecule has 0 radical (unpaired) electrons. The van der Waals surface area contributed by atoms with Crippen LogP contribution in [0.3, 0.4) is 0 Å². The van der Waals surface area contributed by atoms with Crippen LogP contribution in [0, 0.1) is 5.41 Å². The summed E-state index contributed by atoms with van der Waals surface area (Å²) in [4.78, 5) is 4.50. The fraction of sp³-hybridized carbons (Fsp3) is 0.500. The predicted octanol–water partition coefficient (Wildman–Crippen LogP) is 2.34. The van der Waals surface area contributed by atoms with Gasteiger partial charge in [-0.3, -0.25) is 0 Å². The number of rotatable bonds is 6. The van der Waals surface area contributed by atoms with Crippen molar-refractivity contribution in [1.82, 2.24) is 10.1 Å². The van der Waals surface area contributed by atoms with E-state index in [1.54, 1.807) is 7.11 Å². The summed E-state index contributed by atoms with van der Waals surface area (Å²) in [5.74, 6) is 2.26. The van der Waals surface area contributed by atoms with Gasteiger partial charge in [0, 0.05) is 12.8 Å². The Morgan fingerprint density at radius 3 is 2.90 bits per heavy atom. The van der Waals surface area contributed by atoms with Gasteiger partial charge in [0.05, 0.1) is 7.11 Å². The molecule has 2 aromatic rings. The first-order chi connectivity index (χ1) is 10.2. The van der Waals surface area contributed by atoms with Crippen LogP contribution in [-0.4, -0.2) is 23.8 Å². The van der Waals surface area contributed by atoms with Gasteiger partial charge in [-0.2, -0.15) is 4.98 Å². The molecular weight excluding hydrogens is 266 g/mol. The second-order valence-corrected chi connectivity index (χ2v) is 5.87. The van der Waals surface area contributed by atoms with E-state index in [0.29, 0.717) is 24.7 Å². The van der Waals surface area contributed by atoms with Crippen LogP contribution >= 0.6 is 0 Å². The molecule has 0 atom stereocenters. The molecule has 1 fully saturated rings. The second kappa shape index (κ2) is 5.85. The van der Waals surface area contributed by atoms with Crippen molar-refractivity contribution in [3.63, 3.8) is 0 Å². The van der Waals surface area contributed by atoms with Crippen molar-refractivity contribution in [2.45, 2.75) is 32.1 Å². The molecule has 0 aliphatic heterocycles. The average Bonchev–Trinajstić information content (AvgIpc) is 2.90. The molecule has 3 rings (SSSR count). The minimum absolute atomic E-state index is 0.194. The Bertz CT molecular complexity index is 600. The quantitative estimate of drug-likeness (QED) is 0.882. The van der Waals surface area contributed by atoms with E-state index in [1.807, 2.05) is 24.3 Å². The van der Waals surface area contributed by atoms with E-state index in [0.717, 1.165) is 30.6 Å². The maximum atomic E-state index is 5.88. The van der Waals surface area contributed by atoms with E-state index in [9.17, 15) is 0 Å². The molecule has 1 aromatic carbocycles. The summed E-state index contributed by atoms with van der Waals surface area (Å²) in [6, 6.07) is 7.91. The maximum Gasteiger partial charge on any atom is 0.227 e. The first-order valence-electron chi connectivity index (χ1n) is 7.37. The van der Waals surface area contributed by atoms with Gasteiger partial charge in [-0.05, 0) is 42.5 Å². The maximum absolute atomic E-state index is 5.88. The van der Waals surface area contributed by atoms with Crippen molar-refractivity contribution >= 4 is 0 Å². The molecule has 1 aromatic heterocycles. The van der Waals surface area contributed by atoms with Crippen molar-refractivity contribution in [3.8, 4) is 5.75 Å². The van der Waals surface area contributed by atoms with Gasteiger partial charge in [-0.25, -0.2) is 0 Å². The number of nitrogens with zero attached hydrogens (tertiary/aromatic N) is 2. The van der Waals surface area contributed by atoms with E-state index in [2.05, 4.69) is 10.1 Å². The van der Waals surface area contributed by atoms with Crippen LogP contribution in [-0.2, 0) is 12.8 Å². The monoisotopic (exact) mass is 287 g/mol. The van der Waals surface area contributed by atoms with Gasteiger partial charge >= 0.3 is 0 Å². The van der Waals surface area contributed by atoms with E-state index < -0.39 is 0 Å². The first kappa shape index (κ1) is 14.1. The third-order valence-corrected chi connectivity index (χ3v) is 4.38. The van der Waals surface area contributed by atoms with Crippen LogP contribution in [0.5, 0.6) is 5.75 Å². The van der Waals surface area contributed by atoms with Gasteiger partial charge in [0.1, 0.15) is 5.75 Å². The highest BCUT2D eigenvalue weighted by molar-refractivity contribution is 5.30. The van der Waals surface area contributed by atoms with E-state index in [-0.39, 0.29) is 5.41 Å². The van der Waals surface area contributed by atoms with Crippen molar-refractivity contribution in [2.24, 2.45) is 11.1 Å². The summed E-state index contributed by atoms with van der Waals surface area (Å²) < 4.78 is 10.6. The van der Waals surface area contributed by atoms with Crippen LogP contribution in [0.1, 0.15) is 36.5 Å². The zero-order valence-electron chi connectivity index (χ0n) is 12.3. The topological polar surface area (TPSA) is 74.2 Å². The molecule has 0 saturated heterocycles. The van der Waals surface area contributed by atoms with Crippen molar-refractivity contribution in [3.05, 3.63) is 41.5 Å². The van der Waals surface area contributed by atoms with Crippen LogP contribution in [0.2, 0.25) is 0 Å². The lowest BCUT2D eigenvalue weighted by atomic mass is 9.67. The van der Waals surface area contributed by atoms with Gasteiger partial charge in [-0.15, -0.1) is 0 Å². The zero-order valence-corrected chi connectivity index (χ0v) is 12.3. The molecule has 0 amide bonds. The van der Waals surface area contributed by atoms with Crippen LogP contribution in [0.15, 0.2) is 28.8 Å². The van der Waals surface area contributed by atoms with E-state index in [1.165, 1.54) is 6.42 Å². The Labute approximate surface area is 124 Å². The minimum atomic E-state index is 0.194. The largest absolute Gasteiger partial charge is 0.497 e. The normalized spacial score (nSPS) is 16.5. The van der Waals surface area contributed by atoms with E-state index in [4.69, 9.17) is 15.0 Å². The van der Waals surface area contributed by atoms with Crippen molar-refractivity contribution < 1.29 is 9.26 Å². The summed E-state index contributed by atoms with van der Waals surface area (Å²) >= 11 is 0. The molecule has 1 aliphatic carbocycles. The molecule has 0 spiro atoms. The average molecular weight is 287 g/mol. The number of ether oxygens (including phenoxy) is 1. The summed E-state index contributed by atoms with van der Waals surface area (Å²) in [5.41, 5.74) is 7.18. The second-order valence-electron chi connectivity index (χ2n) is 5.87. The Kier molecular flexibility index (Phi) is 3.92. The van der Waals surface area contributed by atoms with Gasteiger partial charge in [0.2, 0.25) is 5.89 Å². The number of nitrogens with two attached hydrogens (primary N) is 1. The van der Waals surface area contributed by atoms with Gasteiger partial charge in [-0.1, -0.05) is 23.7 Å². The highest BCUT2D eigenvalue weighted by atomic mass is 16.5. The molecule has 1 aliphatic rings. The van der Waals surface area contributed by atoms with Crippen molar-refractivity contribution in [2.75, 3.05) is 13.7 Å². The van der Waals surface area contributed by atoms with Gasteiger partial charge in [0.15, 0.2) is 5.82 Å². The molecule has 0 unspecified atom stereocenters. The summed E-state index contributed by atoms with van der Waals surface area (Å²) in [7, 11) is 1.66. The Morgan fingerprint density at radius 2 is 2.24 bits per heavy atom. The Morgan fingerprint density at radius 1 is 1.38 bits per heavy atom. The lowest BCUT2D eigenvalue weighted by molar-refractivity contribution is 0.129. The number of hydrogen-bond donors (Lipinski definition) is 1. The standard InChI is InChI=1S/C16H21N3O2/c1-20-13-5-2-4-12(8-13)9-14-18-15(21-19-14)10-16(11-17)6-3-7-16/h2,4-5,8H,3,6-7,9-11,17H2,1H3. The minimum Gasteiger partial charge on any atom is -0.497 e. The molecule has 1 heterocycles. The third-order valence-electron chi connectivity index (χ3n) is 4.38. The van der Waals surface area contributed by atoms with E-state index >= 15 is 0 Å². The van der Waals surface area contributed by atoms with Crippen LogP contribution in [0.25, 0.3) is 0 Å². The molecular formula is C16H21N3O2. The highest BCUT2D eigenvalue weighted by Gasteiger charge is 2.37. The van der Waals surface area contributed by atoms with Crippen molar-refractivity contribution in [1.29, 1.82) is 0 Å². The van der Waals surface area contributed by atoms with Crippen LogP contribution < -0.4 is 10.5 Å². The molecule has 112 valence electrons. The molecule has 5 heteroatoms. The predicted molar refractivity (Wildman–Crippen MR) is 79.1 cm³/mol. The smallest absolute Gasteiger partial charge is 0.227 e. The zero-order chi connectivity index (χ0) is 14.7. The number of aromatic nitrogens is 2. The SMILES string of the molecule is COc1cccc(Cc2noc(CC3(CN)CCC3)n2)c1. The summed E-state index contributed by atoms with van der Waals surface area (Å²) in [6.07, 6.45) is 5.03. The first-order valence-corrected chi connectivity index (χ1v) is 7.37. The third kappa shape index (κ3) is 3.08. The summed E-state index contributed by atoms with van der Waals surface area (Å²) in [6.45, 7) is 0.695. The number of benzene rings is 1. The van der Waals surface area contributed by atoms with Gasteiger partial charge in [0.25, 0.3) is 0 Å². The summed E-state index contributed by atoms with van der Waals surface area (Å²) in [5, 5.41) is 4.08. The Balaban J connectivity index is 1.67. The van der Waals surface area contributed by atoms with Gasteiger partial charge < -0.3 is 15.0 Å². The lowest BCUT2D eigenvalue weighted by Gasteiger charge is -2.39. The van der Waals surface area contributed by atoms with Crippen LogP contribution in [0.4, 0.5) is 0 Å². The Hall–Kier alpha value is -1.88. The fourth-order valence-corrected chi connectivity index (χ4v) is 2.85. The lowest BCUT2D eigenvalue weighted by Crippen LogP contribution is -2.39. The fourth-order valence-electron chi connectivity index (χ4n) is 2.85. The molecule has 2 N–H and O–H groups in total. The molecule has 21 heavy (non-hydrogen) atoms. The molecule has 0 bridgehead atoms.